The highest BCUT2D eigenvalue weighted by molar-refractivity contribution is 7.91. The first-order valence-electron chi connectivity index (χ1n) is 11.9. The van der Waals surface area contributed by atoms with Crippen molar-refractivity contribution in [2.24, 2.45) is 0 Å². The number of piperazine rings is 1. The fourth-order valence-corrected chi connectivity index (χ4v) is 6.73. The molecule has 0 spiro atoms. The number of sulfone groups is 1. The maximum Gasteiger partial charge on any atom is 0.226 e. The van der Waals surface area contributed by atoms with Crippen LogP contribution in [0.4, 0.5) is 5.69 Å². The van der Waals surface area contributed by atoms with Gasteiger partial charge in [-0.1, -0.05) is 60.1 Å². The summed E-state index contributed by atoms with van der Waals surface area (Å²) >= 11 is 6.21. The third-order valence-corrected chi connectivity index (χ3v) is 8.68. The van der Waals surface area contributed by atoms with Crippen molar-refractivity contribution in [2.45, 2.75) is 16.5 Å². The van der Waals surface area contributed by atoms with Gasteiger partial charge in [0.05, 0.1) is 17.0 Å². The molecule has 5 aromatic rings. The van der Waals surface area contributed by atoms with Gasteiger partial charge >= 0.3 is 0 Å². The van der Waals surface area contributed by atoms with E-state index < -0.39 is 9.84 Å². The lowest BCUT2D eigenvalue weighted by atomic mass is 10.1. The Labute approximate surface area is 239 Å². The molecule has 6 nitrogen and oxygen atoms in total. The van der Waals surface area contributed by atoms with Crippen molar-refractivity contribution < 1.29 is 8.42 Å². The number of hydrogen-bond acceptors (Lipinski definition) is 5. The summed E-state index contributed by atoms with van der Waals surface area (Å²) in [5.41, 5.74) is 2.72. The van der Waals surface area contributed by atoms with Crippen LogP contribution in [0, 0.1) is 0 Å². The van der Waals surface area contributed by atoms with Gasteiger partial charge in [-0.3, -0.25) is 4.68 Å². The molecule has 1 aromatic heterocycles. The summed E-state index contributed by atoms with van der Waals surface area (Å²) in [4.78, 5) is 2.54. The van der Waals surface area contributed by atoms with Gasteiger partial charge in [0.1, 0.15) is 0 Å². The minimum absolute atomic E-state index is 0. The summed E-state index contributed by atoms with van der Waals surface area (Å²) < 4.78 is 30.1. The van der Waals surface area contributed by atoms with E-state index in [2.05, 4.69) is 16.3 Å². The number of anilines is 1. The van der Waals surface area contributed by atoms with E-state index in [4.69, 9.17) is 16.7 Å². The Morgan fingerprint density at radius 1 is 0.842 bits per heavy atom. The van der Waals surface area contributed by atoms with Gasteiger partial charge in [-0.05, 0) is 47.3 Å². The van der Waals surface area contributed by atoms with Gasteiger partial charge in [0.2, 0.25) is 9.84 Å². The van der Waals surface area contributed by atoms with Gasteiger partial charge in [0.15, 0.2) is 5.03 Å². The van der Waals surface area contributed by atoms with Crippen molar-refractivity contribution in [3.8, 4) is 0 Å². The predicted molar refractivity (Wildman–Crippen MR) is 159 cm³/mol. The molecule has 1 fully saturated rings. The molecule has 1 aliphatic rings. The quantitative estimate of drug-likeness (QED) is 0.273. The fraction of sp³-hybridized carbons (Fsp3) is 0.179. The molecule has 38 heavy (non-hydrogen) atoms. The second-order valence-corrected chi connectivity index (χ2v) is 11.3. The molecule has 0 radical (unpaired) electrons. The van der Waals surface area contributed by atoms with Crippen molar-refractivity contribution >= 4 is 73.6 Å². The molecule has 10 heteroatoms. The topological polar surface area (TPSA) is 67.2 Å². The molecule has 198 valence electrons. The second kappa shape index (κ2) is 11.5. The van der Waals surface area contributed by atoms with Gasteiger partial charge in [-0.2, -0.15) is 5.10 Å². The predicted octanol–water partition coefficient (Wildman–Crippen LogP) is 5.98. The molecule has 1 N–H and O–H groups in total. The Kier molecular flexibility index (Phi) is 8.55. The van der Waals surface area contributed by atoms with Crippen molar-refractivity contribution in [2.75, 3.05) is 31.1 Å². The van der Waals surface area contributed by atoms with Crippen LogP contribution in [0.2, 0.25) is 5.02 Å². The van der Waals surface area contributed by atoms with Crippen molar-refractivity contribution in [3.63, 3.8) is 0 Å². The number of halogens is 3. The van der Waals surface area contributed by atoms with Gasteiger partial charge < -0.3 is 10.2 Å². The van der Waals surface area contributed by atoms with Crippen molar-refractivity contribution in [1.82, 2.24) is 15.1 Å². The molecule has 0 aliphatic carbocycles. The molecule has 0 saturated carbocycles. The SMILES string of the molecule is Cl.Cl.O=S(=O)(c1cccc2ccccc12)c1nn(Cc2cccc(Cl)c2)c2ccc(N3CCNCC3)cc12. The van der Waals surface area contributed by atoms with Gasteiger partial charge in [0.25, 0.3) is 0 Å². The standard InChI is InChI=1S/C28H25ClN4O2S.2ClH/c29-22-8-3-5-20(17-22)19-33-26-12-11-23(32-15-13-30-14-16-32)18-25(26)28(31-33)36(34,35)27-10-4-7-21-6-1-2-9-24(21)27;;/h1-12,17-18,30H,13-16,19H2;2*1H. The molecule has 0 bridgehead atoms. The molecule has 4 aromatic carbocycles. The Morgan fingerprint density at radius 3 is 2.37 bits per heavy atom. The summed E-state index contributed by atoms with van der Waals surface area (Å²) in [6.45, 7) is 3.94. The van der Waals surface area contributed by atoms with Crippen LogP contribution < -0.4 is 10.2 Å². The third kappa shape index (κ3) is 5.22. The first kappa shape index (κ1) is 28.2. The zero-order valence-electron chi connectivity index (χ0n) is 20.4. The summed E-state index contributed by atoms with van der Waals surface area (Å²) in [5.74, 6) is 0. The highest BCUT2D eigenvalue weighted by atomic mass is 35.5. The monoisotopic (exact) mass is 588 g/mol. The largest absolute Gasteiger partial charge is 0.369 e. The molecule has 2 heterocycles. The molecular formula is C28H27Cl3N4O2S. The lowest BCUT2D eigenvalue weighted by Gasteiger charge is -2.29. The maximum atomic E-state index is 14.1. The Bertz CT molecular complexity index is 1690. The molecule has 6 rings (SSSR count). The van der Waals surface area contributed by atoms with Gasteiger partial charge in [-0.15, -0.1) is 24.8 Å². The first-order chi connectivity index (χ1) is 17.5. The lowest BCUT2D eigenvalue weighted by Crippen LogP contribution is -2.43. The minimum atomic E-state index is -3.91. The van der Waals surface area contributed by atoms with Crippen LogP contribution >= 0.6 is 36.4 Å². The molecule has 0 amide bonds. The van der Waals surface area contributed by atoms with Crippen LogP contribution in [0.15, 0.2) is 94.9 Å². The molecular weight excluding hydrogens is 563 g/mol. The van der Waals surface area contributed by atoms with Crippen LogP contribution in [0.25, 0.3) is 21.7 Å². The first-order valence-corrected chi connectivity index (χ1v) is 13.8. The van der Waals surface area contributed by atoms with E-state index >= 15 is 0 Å². The van der Waals surface area contributed by atoms with E-state index in [1.807, 2.05) is 66.7 Å². The van der Waals surface area contributed by atoms with E-state index in [0.29, 0.717) is 22.3 Å². The van der Waals surface area contributed by atoms with Gasteiger partial charge in [0, 0.05) is 47.7 Å². The number of aromatic nitrogens is 2. The minimum Gasteiger partial charge on any atom is -0.369 e. The Balaban J connectivity index is 0.00000168. The summed E-state index contributed by atoms with van der Waals surface area (Å²) in [5, 5.41) is 11.0. The fourth-order valence-electron chi connectivity index (χ4n) is 4.92. The van der Waals surface area contributed by atoms with E-state index in [-0.39, 0.29) is 34.7 Å². The Morgan fingerprint density at radius 2 is 1.58 bits per heavy atom. The number of rotatable bonds is 5. The lowest BCUT2D eigenvalue weighted by molar-refractivity contribution is 0.587. The second-order valence-electron chi connectivity index (χ2n) is 9.01. The van der Waals surface area contributed by atoms with E-state index in [0.717, 1.165) is 48.3 Å². The van der Waals surface area contributed by atoms with E-state index in [9.17, 15) is 8.42 Å². The summed E-state index contributed by atoms with van der Waals surface area (Å²) in [7, 11) is -3.91. The molecule has 0 unspecified atom stereocenters. The van der Waals surface area contributed by atoms with E-state index in [1.165, 1.54) is 0 Å². The average Bonchev–Trinajstić information content (AvgIpc) is 3.27. The van der Waals surface area contributed by atoms with Crippen LogP contribution in [0.3, 0.4) is 0 Å². The summed E-state index contributed by atoms with van der Waals surface area (Å²) in [6.07, 6.45) is 0. The van der Waals surface area contributed by atoms with Gasteiger partial charge in [-0.25, -0.2) is 8.42 Å². The smallest absolute Gasteiger partial charge is 0.226 e. The van der Waals surface area contributed by atoms with Crippen LogP contribution in [0.5, 0.6) is 0 Å². The number of nitrogens with zero attached hydrogens (tertiary/aromatic N) is 3. The highest BCUT2D eigenvalue weighted by Crippen LogP contribution is 2.34. The number of fused-ring (bicyclic) bond motifs is 2. The van der Waals surface area contributed by atoms with Crippen LogP contribution in [-0.2, 0) is 16.4 Å². The average molecular weight is 590 g/mol. The van der Waals surface area contributed by atoms with Crippen molar-refractivity contribution in [1.29, 1.82) is 0 Å². The van der Waals surface area contributed by atoms with E-state index in [1.54, 1.807) is 16.8 Å². The summed E-state index contributed by atoms with van der Waals surface area (Å²) in [6, 6.07) is 26.5. The maximum absolute atomic E-state index is 14.1. The Hall–Kier alpha value is -2.81. The highest BCUT2D eigenvalue weighted by Gasteiger charge is 2.28. The zero-order chi connectivity index (χ0) is 24.7. The van der Waals surface area contributed by atoms with Crippen LogP contribution in [-0.4, -0.2) is 44.4 Å². The number of benzene rings is 4. The van der Waals surface area contributed by atoms with Crippen LogP contribution in [0.1, 0.15) is 5.56 Å². The number of hydrogen-bond donors (Lipinski definition) is 1. The normalized spacial score (nSPS) is 13.8. The zero-order valence-corrected chi connectivity index (χ0v) is 23.6. The number of nitrogens with one attached hydrogen (secondary N) is 1. The third-order valence-electron chi connectivity index (χ3n) is 6.70. The molecule has 1 aliphatic heterocycles. The molecule has 0 atom stereocenters. The molecule has 1 saturated heterocycles. The van der Waals surface area contributed by atoms with Crippen molar-refractivity contribution in [3.05, 3.63) is 95.5 Å².